The highest BCUT2D eigenvalue weighted by Crippen LogP contribution is 2.36. The summed E-state index contributed by atoms with van der Waals surface area (Å²) in [6, 6.07) is 1.73. The van der Waals surface area contributed by atoms with Gasteiger partial charge in [-0.1, -0.05) is 0 Å². The number of aromatic nitrogens is 1. The predicted molar refractivity (Wildman–Crippen MR) is 76.2 cm³/mol. The maximum Gasteiger partial charge on any atom is 0.496 e. The third kappa shape index (κ3) is 2.11. The lowest BCUT2D eigenvalue weighted by Crippen LogP contribution is -2.41. The molecule has 3 rings (SSSR count). The molecular weight excluding hydrogens is 279 g/mol. The van der Waals surface area contributed by atoms with Crippen LogP contribution in [-0.4, -0.2) is 31.7 Å². The average Bonchev–Trinajstić information content (AvgIpc) is 2.69. The molecule has 0 amide bonds. The minimum atomic E-state index is -3.29. The van der Waals surface area contributed by atoms with Crippen molar-refractivity contribution >= 4 is 28.3 Å². The van der Waals surface area contributed by atoms with E-state index in [2.05, 4.69) is 9.71 Å². The van der Waals surface area contributed by atoms with Crippen LogP contribution in [0, 0.1) is 0 Å². The van der Waals surface area contributed by atoms with E-state index in [1.54, 1.807) is 12.3 Å². The summed E-state index contributed by atoms with van der Waals surface area (Å²) in [7, 11) is -3.82. The summed E-state index contributed by atoms with van der Waals surface area (Å²) in [5.41, 5.74) is 0.890. The predicted octanol–water partition coefficient (Wildman–Crippen LogP) is 0.636. The normalized spacial score (nSPS) is 25.3. The van der Waals surface area contributed by atoms with Crippen LogP contribution in [0.25, 0.3) is 0 Å². The van der Waals surface area contributed by atoms with Crippen LogP contribution in [0.15, 0.2) is 12.3 Å². The topological polar surface area (TPSA) is 77.5 Å². The zero-order valence-electron chi connectivity index (χ0n) is 11.9. The van der Waals surface area contributed by atoms with Gasteiger partial charge < -0.3 is 9.31 Å². The quantitative estimate of drug-likeness (QED) is 0.769. The first-order valence-electron chi connectivity index (χ1n) is 6.45. The van der Waals surface area contributed by atoms with Crippen LogP contribution in [-0.2, 0) is 25.1 Å². The van der Waals surface area contributed by atoms with Gasteiger partial charge in [-0.05, 0) is 33.8 Å². The zero-order valence-corrected chi connectivity index (χ0v) is 12.7. The molecule has 0 atom stereocenters. The van der Waals surface area contributed by atoms with E-state index in [9.17, 15) is 8.42 Å². The first-order chi connectivity index (χ1) is 9.10. The molecule has 1 aromatic rings. The van der Waals surface area contributed by atoms with Crippen LogP contribution < -0.4 is 10.2 Å². The number of nitrogens with one attached hydrogen (secondary N) is 1. The molecule has 6 nitrogen and oxygen atoms in total. The molecule has 0 aliphatic carbocycles. The van der Waals surface area contributed by atoms with Crippen LogP contribution in [0.4, 0.5) is 5.69 Å². The highest BCUT2D eigenvalue weighted by molar-refractivity contribution is 7.92. The molecule has 108 valence electrons. The molecule has 1 fully saturated rings. The molecule has 2 aliphatic rings. The van der Waals surface area contributed by atoms with Crippen molar-refractivity contribution in [2.24, 2.45) is 0 Å². The number of sulfonamides is 1. The van der Waals surface area contributed by atoms with Crippen molar-refractivity contribution in [3.63, 3.8) is 0 Å². The Morgan fingerprint density at radius 2 is 1.85 bits per heavy atom. The average molecular weight is 296 g/mol. The minimum absolute atomic E-state index is 0.0774. The monoisotopic (exact) mass is 296 g/mol. The van der Waals surface area contributed by atoms with Gasteiger partial charge in [0.2, 0.25) is 10.0 Å². The highest BCUT2D eigenvalue weighted by atomic mass is 32.2. The molecule has 20 heavy (non-hydrogen) atoms. The van der Waals surface area contributed by atoms with Crippen molar-refractivity contribution in [1.82, 2.24) is 4.98 Å². The van der Waals surface area contributed by atoms with Crippen LogP contribution >= 0.6 is 0 Å². The molecule has 0 bridgehead atoms. The van der Waals surface area contributed by atoms with Crippen molar-refractivity contribution in [2.75, 3.05) is 4.72 Å². The summed E-state index contributed by atoms with van der Waals surface area (Å²) in [4.78, 5) is 4.19. The number of rotatable bonds is 1. The SMILES string of the molecule is CC1(C)OB(c2cnc3c(c2)NS(=O)(=O)C3)OC1(C)C. The van der Waals surface area contributed by atoms with Crippen LogP contribution in [0.3, 0.4) is 0 Å². The fourth-order valence-corrected chi connectivity index (χ4v) is 3.38. The van der Waals surface area contributed by atoms with Crippen LogP contribution in [0.5, 0.6) is 0 Å². The lowest BCUT2D eigenvalue weighted by Gasteiger charge is -2.32. The number of pyridine rings is 1. The summed E-state index contributed by atoms with van der Waals surface area (Å²) in [6.07, 6.45) is 1.61. The molecule has 1 aromatic heterocycles. The Labute approximate surface area is 119 Å². The molecule has 8 heteroatoms. The molecule has 0 spiro atoms. The fourth-order valence-electron chi connectivity index (χ4n) is 2.20. The number of nitrogens with zero attached hydrogens (tertiary/aromatic N) is 1. The standard InChI is InChI=1S/C12H17BN2O4S/c1-11(2)12(3,4)19-13(18-11)8-5-9-10(14-6-8)7-20(16,17)15-9/h5-6,15H,7H2,1-4H3. The van der Waals surface area contributed by atoms with Crippen molar-refractivity contribution < 1.29 is 17.7 Å². The molecular formula is C12H17BN2O4S. The van der Waals surface area contributed by atoms with Crippen LogP contribution in [0.1, 0.15) is 33.4 Å². The summed E-state index contributed by atoms with van der Waals surface area (Å²) < 4.78 is 37.3. The van der Waals surface area contributed by atoms with E-state index in [1.165, 1.54) is 0 Å². The van der Waals surface area contributed by atoms with Crippen molar-refractivity contribution in [3.05, 3.63) is 18.0 Å². The van der Waals surface area contributed by atoms with Gasteiger partial charge in [0, 0.05) is 11.7 Å². The fraction of sp³-hybridized carbons (Fsp3) is 0.583. The highest BCUT2D eigenvalue weighted by Gasteiger charge is 2.52. The van der Waals surface area contributed by atoms with E-state index in [0.29, 0.717) is 16.8 Å². The van der Waals surface area contributed by atoms with E-state index in [0.717, 1.165) is 0 Å². The van der Waals surface area contributed by atoms with E-state index in [-0.39, 0.29) is 5.75 Å². The Bertz CT molecular complexity index is 656. The van der Waals surface area contributed by atoms with Gasteiger partial charge >= 0.3 is 7.12 Å². The number of fused-ring (bicyclic) bond motifs is 1. The second-order valence-corrected chi connectivity index (χ2v) is 7.93. The lowest BCUT2D eigenvalue weighted by atomic mass is 9.80. The molecule has 0 saturated carbocycles. The van der Waals surface area contributed by atoms with E-state index in [4.69, 9.17) is 9.31 Å². The Balaban J connectivity index is 1.92. The number of hydrogen-bond acceptors (Lipinski definition) is 5. The van der Waals surface area contributed by atoms with Gasteiger partial charge in [0.15, 0.2) is 0 Å². The third-order valence-electron chi connectivity index (χ3n) is 4.11. The van der Waals surface area contributed by atoms with E-state index in [1.807, 2.05) is 27.7 Å². The molecule has 2 aliphatic heterocycles. The van der Waals surface area contributed by atoms with Crippen molar-refractivity contribution in [2.45, 2.75) is 44.6 Å². The Hall–Kier alpha value is -1.12. The van der Waals surface area contributed by atoms with Gasteiger partial charge in [-0.3, -0.25) is 9.71 Å². The first-order valence-corrected chi connectivity index (χ1v) is 8.10. The first kappa shape index (κ1) is 13.8. The Morgan fingerprint density at radius 1 is 1.25 bits per heavy atom. The third-order valence-corrected chi connectivity index (χ3v) is 5.29. The van der Waals surface area contributed by atoms with Gasteiger partial charge in [0.05, 0.1) is 22.6 Å². The zero-order chi connectivity index (χ0) is 14.8. The van der Waals surface area contributed by atoms with E-state index < -0.39 is 28.3 Å². The molecule has 0 radical (unpaired) electrons. The Kier molecular flexibility index (Phi) is 2.74. The maximum absolute atomic E-state index is 11.5. The maximum atomic E-state index is 11.5. The Morgan fingerprint density at radius 3 is 2.45 bits per heavy atom. The van der Waals surface area contributed by atoms with Crippen molar-refractivity contribution in [3.8, 4) is 0 Å². The number of anilines is 1. The summed E-state index contributed by atoms with van der Waals surface area (Å²) in [5.74, 6) is -0.0774. The summed E-state index contributed by atoms with van der Waals surface area (Å²) in [5, 5.41) is 0. The van der Waals surface area contributed by atoms with E-state index >= 15 is 0 Å². The van der Waals surface area contributed by atoms with Gasteiger partial charge in [-0.15, -0.1) is 0 Å². The smallest absolute Gasteiger partial charge is 0.399 e. The van der Waals surface area contributed by atoms with Gasteiger partial charge in [-0.25, -0.2) is 8.42 Å². The second-order valence-electron chi connectivity index (χ2n) is 6.21. The van der Waals surface area contributed by atoms with Crippen LogP contribution in [0.2, 0.25) is 0 Å². The molecule has 1 N–H and O–H groups in total. The molecule has 0 aromatic carbocycles. The molecule has 0 unspecified atom stereocenters. The summed E-state index contributed by atoms with van der Waals surface area (Å²) in [6.45, 7) is 7.88. The largest absolute Gasteiger partial charge is 0.496 e. The number of hydrogen-bond donors (Lipinski definition) is 1. The molecule has 1 saturated heterocycles. The second kappa shape index (κ2) is 3.96. The van der Waals surface area contributed by atoms with Gasteiger partial charge in [0.25, 0.3) is 0 Å². The van der Waals surface area contributed by atoms with Gasteiger partial charge in [-0.2, -0.15) is 0 Å². The lowest BCUT2D eigenvalue weighted by molar-refractivity contribution is 0.00578. The van der Waals surface area contributed by atoms with Gasteiger partial charge in [0.1, 0.15) is 5.75 Å². The minimum Gasteiger partial charge on any atom is -0.399 e. The van der Waals surface area contributed by atoms with Crippen molar-refractivity contribution in [1.29, 1.82) is 0 Å². The molecule has 3 heterocycles. The summed E-state index contributed by atoms with van der Waals surface area (Å²) >= 11 is 0.